The third kappa shape index (κ3) is 4.66. The van der Waals surface area contributed by atoms with Crippen molar-refractivity contribution in [3.8, 4) is 0 Å². The van der Waals surface area contributed by atoms with Crippen LogP contribution >= 0.6 is 0 Å². The number of rotatable bonds is 6. The van der Waals surface area contributed by atoms with E-state index in [4.69, 9.17) is 9.47 Å². The summed E-state index contributed by atoms with van der Waals surface area (Å²) in [6.07, 6.45) is 0.373. The molecule has 0 aliphatic carbocycles. The Morgan fingerprint density at radius 1 is 0.675 bits per heavy atom. The minimum atomic E-state index is -1.02. The molecule has 0 fully saturated rings. The quantitative estimate of drug-likeness (QED) is 0.216. The molecule has 15 heteroatoms. The summed E-state index contributed by atoms with van der Waals surface area (Å²) in [5.74, 6) is 0.215. The number of nitrogens with zero attached hydrogens (tertiary/aromatic N) is 6. The van der Waals surface area contributed by atoms with Gasteiger partial charge in [0.2, 0.25) is 40.5 Å². The molecule has 0 radical (unpaired) electrons. The lowest BCUT2D eigenvalue weighted by Crippen LogP contribution is -2.40. The molecule has 0 amide bonds. The molecule has 2 atom stereocenters. The Morgan fingerprint density at radius 2 is 1.02 bits per heavy atom. The van der Waals surface area contributed by atoms with E-state index in [1.807, 2.05) is 0 Å². The molecule has 2 aliphatic heterocycles. The molecule has 40 heavy (non-hydrogen) atoms. The van der Waals surface area contributed by atoms with Crippen LogP contribution in [0, 0.1) is 20.2 Å². The zero-order valence-corrected chi connectivity index (χ0v) is 20.8. The molecule has 0 saturated heterocycles. The second-order valence-electron chi connectivity index (χ2n) is 8.73. The van der Waals surface area contributed by atoms with Gasteiger partial charge < -0.3 is 9.47 Å². The highest BCUT2D eigenvalue weighted by atomic mass is 16.6. The van der Waals surface area contributed by atoms with Crippen molar-refractivity contribution in [2.24, 2.45) is 10.2 Å². The van der Waals surface area contributed by atoms with Crippen LogP contribution in [0.1, 0.15) is 11.1 Å². The molecule has 0 aromatic heterocycles. The number of hydrogen-bond acceptors (Lipinski definition) is 13. The lowest BCUT2D eigenvalue weighted by molar-refractivity contribution is -0.385. The Kier molecular flexibility index (Phi) is 6.39. The van der Waals surface area contributed by atoms with E-state index in [-0.39, 0.29) is 23.2 Å². The van der Waals surface area contributed by atoms with Gasteiger partial charge in [0, 0.05) is 49.5 Å². The van der Waals surface area contributed by atoms with Gasteiger partial charge in [-0.3, -0.25) is 44.6 Å². The molecule has 0 N–H and O–H groups in total. The lowest BCUT2D eigenvalue weighted by Gasteiger charge is -2.13. The highest BCUT2D eigenvalue weighted by Gasteiger charge is 2.28. The van der Waals surface area contributed by atoms with Crippen molar-refractivity contribution in [1.82, 2.24) is 10.0 Å². The van der Waals surface area contributed by atoms with Crippen LogP contribution < -0.4 is 26.7 Å². The highest BCUT2D eigenvalue weighted by Crippen LogP contribution is 2.20. The molecule has 2 heterocycles. The standard InChI is InChI=1S/C25H18N6O9/c1-28-19(39-24(26-28)13-3-7-15(8-4-13)30(35)36)11-17-21(32)18(23(34)22(17)33)12-20-29(2)27-25(40-20)14-5-9-16(10-6-14)31(37)38/h3-12,19-20H,1-2H3. The van der Waals surface area contributed by atoms with E-state index >= 15 is 0 Å². The van der Waals surface area contributed by atoms with Gasteiger partial charge in [-0.15, -0.1) is 10.2 Å². The van der Waals surface area contributed by atoms with E-state index in [1.165, 1.54) is 84.8 Å². The second kappa shape index (κ2) is 9.86. The number of non-ortho nitro benzene ring substituents is 2. The molecular formula is C25H18N6O9. The summed E-state index contributed by atoms with van der Waals surface area (Å²) < 4.78 is 11.5. The Morgan fingerprint density at radius 3 is 1.35 bits per heavy atom. The Balaban J connectivity index is 1.40. The van der Waals surface area contributed by atoms with Crippen LogP contribution in [-0.4, -0.2) is 58.2 Å². The molecule has 15 nitrogen and oxygen atoms in total. The van der Waals surface area contributed by atoms with Crippen molar-refractivity contribution >= 4 is 35.3 Å². The fraction of sp³-hybridized carbons (Fsp3) is 0.160. The molecule has 3 aromatic rings. The predicted octanol–water partition coefficient (Wildman–Crippen LogP) is -0.680. The van der Waals surface area contributed by atoms with Crippen molar-refractivity contribution in [2.75, 3.05) is 14.1 Å². The maximum Gasteiger partial charge on any atom is 0.269 e. The van der Waals surface area contributed by atoms with Crippen LogP contribution in [0.4, 0.5) is 11.4 Å². The minimum absolute atomic E-state index is 0.108. The first-order chi connectivity index (χ1) is 19.0. The fourth-order valence-electron chi connectivity index (χ4n) is 4.00. The van der Waals surface area contributed by atoms with E-state index in [0.29, 0.717) is 11.1 Å². The third-order valence-corrected chi connectivity index (χ3v) is 6.15. The Bertz CT molecular complexity index is 1730. The van der Waals surface area contributed by atoms with Crippen molar-refractivity contribution in [1.29, 1.82) is 0 Å². The van der Waals surface area contributed by atoms with E-state index in [1.54, 1.807) is 0 Å². The van der Waals surface area contributed by atoms with Crippen LogP contribution in [0.3, 0.4) is 0 Å². The van der Waals surface area contributed by atoms with E-state index in [9.17, 15) is 34.6 Å². The van der Waals surface area contributed by atoms with Crippen LogP contribution in [0.15, 0.2) is 73.1 Å². The molecule has 0 saturated carbocycles. The second-order valence-corrected chi connectivity index (χ2v) is 8.73. The van der Waals surface area contributed by atoms with Gasteiger partial charge in [0.15, 0.2) is 0 Å². The Hall–Kier alpha value is -5.73. The number of hydrazone groups is 2. The monoisotopic (exact) mass is 546 g/mol. The molecule has 0 spiro atoms. The van der Waals surface area contributed by atoms with E-state index < -0.39 is 49.0 Å². The molecule has 202 valence electrons. The fourth-order valence-corrected chi connectivity index (χ4v) is 4.00. The van der Waals surface area contributed by atoms with Crippen molar-refractivity contribution in [3.63, 3.8) is 0 Å². The van der Waals surface area contributed by atoms with Gasteiger partial charge in [-0.2, -0.15) is 0 Å². The molecule has 5 rings (SSSR count). The summed E-state index contributed by atoms with van der Waals surface area (Å²) in [6, 6.07) is 10.9. The van der Waals surface area contributed by atoms with Gasteiger partial charge in [-0.25, -0.2) is 0 Å². The van der Waals surface area contributed by atoms with Crippen LogP contribution in [0.25, 0.3) is 12.2 Å². The first-order valence-electron chi connectivity index (χ1n) is 11.6. The first-order valence-corrected chi connectivity index (χ1v) is 11.6. The largest absolute Gasteiger partial charge is 0.447 e. The van der Waals surface area contributed by atoms with Crippen LogP contribution in [0.2, 0.25) is 0 Å². The number of hydrogen-bond donors (Lipinski definition) is 0. The molecular weight excluding hydrogens is 528 g/mol. The van der Waals surface area contributed by atoms with Gasteiger partial charge in [0.25, 0.3) is 11.4 Å². The lowest BCUT2D eigenvalue weighted by atomic mass is 10.2. The topological polar surface area (TPSA) is 187 Å². The van der Waals surface area contributed by atoms with Crippen molar-refractivity contribution in [3.05, 3.63) is 121 Å². The molecule has 2 unspecified atom stereocenters. The molecule has 2 aliphatic rings. The summed E-state index contributed by atoms with van der Waals surface area (Å²) in [5.41, 5.74) is -2.22. The molecule has 3 aromatic carbocycles. The van der Waals surface area contributed by atoms with Gasteiger partial charge in [-0.05, 0) is 36.4 Å². The average molecular weight is 546 g/mol. The zero-order valence-electron chi connectivity index (χ0n) is 20.8. The maximum absolute atomic E-state index is 13.1. The molecule has 0 bridgehead atoms. The van der Waals surface area contributed by atoms with E-state index in [2.05, 4.69) is 10.2 Å². The average Bonchev–Trinajstić information content (AvgIpc) is 3.55. The number of nitro groups is 2. The minimum Gasteiger partial charge on any atom is -0.447 e. The SMILES string of the molecule is CN1N=C(c2ccc([N+](=O)[O-])cc2)OC1C=c1c(=O)c(=O)c(=CC2OC(c3ccc([N+](=O)[O-])cc3)=NN2C)c1=O. The summed E-state index contributed by atoms with van der Waals surface area (Å²) in [4.78, 5) is 59.2. The van der Waals surface area contributed by atoms with E-state index in [0.717, 1.165) is 0 Å². The normalized spacial score (nSPS) is 19.4. The highest BCUT2D eigenvalue weighted by molar-refractivity contribution is 5.96. The zero-order chi connectivity index (χ0) is 28.7. The van der Waals surface area contributed by atoms with Gasteiger partial charge >= 0.3 is 0 Å². The van der Waals surface area contributed by atoms with Gasteiger partial charge in [0.05, 0.1) is 20.3 Å². The van der Waals surface area contributed by atoms with Gasteiger partial charge in [0.1, 0.15) is 0 Å². The number of ether oxygens (including phenoxy) is 2. The Labute approximate surface area is 222 Å². The van der Waals surface area contributed by atoms with Gasteiger partial charge in [-0.1, -0.05) is 0 Å². The maximum atomic E-state index is 13.1. The van der Waals surface area contributed by atoms with Crippen molar-refractivity contribution in [2.45, 2.75) is 12.5 Å². The first kappa shape index (κ1) is 25.9. The predicted molar refractivity (Wildman–Crippen MR) is 140 cm³/mol. The third-order valence-electron chi connectivity index (χ3n) is 6.15. The summed E-state index contributed by atoms with van der Waals surface area (Å²) in [7, 11) is 3.06. The van der Waals surface area contributed by atoms with Crippen LogP contribution in [0.5, 0.6) is 0 Å². The number of benzene rings is 2. The smallest absolute Gasteiger partial charge is 0.269 e. The number of nitro benzene ring substituents is 2. The summed E-state index contributed by atoms with van der Waals surface area (Å²) in [6.45, 7) is 0. The van der Waals surface area contributed by atoms with Crippen LogP contribution in [-0.2, 0) is 9.47 Å². The summed E-state index contributed by atoms with van der Waals surface area (Å²) in [5, 5.41) is 32.0. The van der Waals surface area contributed by atoms with Crippen molar-refractivity contribution < 1.29 is 19.3 Å². The summed E-state index contributed by atoms with van der Waals surface area (Å²) >= 11 is 0.